The van der Waals surface area contributed by atoms with E-state index in [9.17, 15) is 0 Å². The Hall–Kier alpha value is -1.97. The summed E-state index contributed by atoms with van der Waals surface area (Å²) in [4.78, 5) is 4.74. The minimum atomic E-state index is 0.221. The Morgan fingerprint density at radius 2 is 2.22 bits per heavy atom. The number of hydrogen-bond acceptors (Lipinski definition) is 8. The molecule has 7 nitrogen and oxygen atoms in total. The van der Waals surface area contributed by atoms with Gasteiger partial charge < -0.3 is 9.47 Å². The summed E-state index contributed by atoms with van der Waals surface area (Å²) < 4.78 is 13.0. The van der Waals surface area contributed by atoms with Gasteiger partial charge in [0.1, 0.15) is 10.8 Å². The topological polar surface area (TPSA) is 75.0 Å². The molecule has 1 aliphatic heterocycles. The normalized spacial score (nSPS) is 16.7. The molecule has 0 aliphatic carbocycles. The second kappa shape index (κ2) is 8.81. The first-order valence-corrected chi connectivity index (χ1v) is 10.9. The molecule has 0 saturated carbocycles. The molecule has 0 amide bonds. The van der Waals surface area contributed by atoms with E-state index in [0.717, 1.165) is 52.4 Å². The fourth-order valence-electron chi connectivity index (χ4n) is 2.90. The van der Waals surface area contributed by atoms with Gasteiger partial charge in [-0.25, -0.2) is 9.67 Å². The third kappa shape index (κ3) is 4.66. The largest absolute Gasteiger partial charge is 0.494 e. The fraction of sp³-hybridized carbons (Fsp3) is 0.444. The molecule has 1 atom stereocenters. The van der Waals surface area contributed by atoms with Gasteiger partial charge >= 0.3 is 0 Å². The van der Waals surface area contributed by atoms with Crippen LogP contribution in [0.3, 0.4) is 0 Å². The average Bonchev–Trinajstić information content (AvgIpc) is 3.44. The van der Waals surface area contributed by atoms with Gasteiger partial charge in [0.25, 0.3) is 0 Å². The summed E-state index contributed by atoms with van der Waals surface area (Å²) in [6, 6.07) is 8.05. The summed E-state index contributed by atoms with van der Waals surface area (Å²) in [6.45, 7) is 4.20. The highest BCUT2D eigenvalue weighted by Gasteiger charge is 2.19. The van der Waals surface area contributed by atoms with E-state index in [1.807, 2.05) is 35.9 Å². The van der Waals surface area contributed by atoms with Crippen molar-refractivity contribution in [3.8, 4) is 16.3 Å². The average molecular weight is 404 g/mol. The predicted octanol–water partition coefficient (Wildman–Crippen LogP) is 3.67. The molecule has 1 aliphatic rings. The molecule has 3 aromatic rings. The quantitative estimate of drug-likeness (QED) is 0.531. The first-order chi connectivity index (χ1) is 13.3. The molecule has 1 fully saturated rings. The van der Waals surface area contributed by atoms with Crippen molar-refractivity contribution in [3.63, 3.8) is 0 Å². The third-order valence-electron chi connectivity index (χ3n) is 4.21. The monoisotopic (exact) mass is 403 g/mol. The molecule has 142 valence electrons. The highest BCUT2D eigenvalue weighted by Crippen LogP contribution is 2.28. The smallest absolute Gasteiger partial charge is 0.209 e. The van der Waals surface area contributed by atoms with Gasteiger partial charge in [0.2, 0.25) is 5.16 Å². The minimum Gasteiger partial charge on any atom is -0.494 e. The maximum atomic E-state index is 5.67. The van der Waals surface area contributed by atoms with Crippen molar-refractivity contribution in [3.05, 3.63) is 35.3 Å². The summed E-state index contributed by atoms with van der Waals surface area (Å²) in [5.74, 6) is 1.62. The molecule has 27 heavy (non-hydrogen) atoms. The van der Waals surface area contributed by atoms with Gasteiger partial charge in [-0.2, -0.15) is 0 Å². The summed E-state index contributed by atoms with van der Waals surface area (Å²) >= 11 is 3.25. The highest BCUT2D eigenvalue weighted by molar-refractivity contribution is 7.98. The van der Waals surface area contributed by atoms with Crippen molar-refractivity contribution >= 4 is 23.1 Å². The first-order valence-electron chi connectivity index (χ1n) is 9.00. The molecule has 1 saturated heterocycles. The molecule has 0 bridgehead atoms. The number of thioether (sulfide) groups is 1. The molecule has 0 N–H and O–H groups in total. The number of benzene rings is 1. The molecule has 0 radical (unpaired) electrons. The molecule has 3 heterocycles. The summed E-state index contributed by atoms with van der Waals surface area (Å²) in [6.07, 6.45) is 2.41. The predicted molar refractivity (Wildman–Crippen MR) is 105 cm³/mol. The van der Waals surface area contributed by atoms with Crippen LogP contribution in [0.1, 0.15) is 25.5 Å². The number of ether oxygens (including phenoxy) is 2. The lowest BCUT2D eigenvalue weighted by molar-refractivity contribution is 0.0912. The van der Waals surface area contributed by atoms with E-state index < -0.39 is 0 Å². The molecule has 1 aromatic carbocycles. The van der Waals surface area contributed by atoms with E-state index in [0.29, 0.717) is 13.2 Å². The number of thiazole rings is 1. The van der Waals surface area contributed by atoms with Crippen molar-refractivity contribution < 1.29 is 9.47 Å². The number of hydrogen-bond donors (Lipinski definition) is 0. The van der Waals surface area contributed by atoms with Gasteiger partial charge in [-0.3, -0.25) is 0 Å². The van der Waals surface area contributed by atoms with Crippen LogP contribution in [0, 0.1) is 0 Å². The van der Waals surface area contributed by atoms with Crippen molar-refractivity contribution in [2.75, 3.05) is 13.2 Å². The molecule has 1 unspecified atom stereocenters. The number of rotatable bonds is 8. The second-order valence-corrected chi connectivity index (χ2v) is 7.97. The molecule has 0 spiro atoms. The second-order valence-electron chi connectivity index (χ2n) is 6.17. The Morgan fingerprint density at radius 3 is 3.00 bits per heavy atom. The number of nitrogens with zero attached hydrogens (tertiary/aromatic N) is 5. The Kier molecular flexibility index (Phi) is 6.00. The number of tetrazole rings is 1. The van der Waals surface area contributed by atoms with Crippen LogP contribution in [-0.4, -0.2) is 44.5 Å². The van der Waals surface area contributed by atoms with E-state index in [4.69, 9.17) is 14.5 Å². The highest BCUT2D eigenvalue weighted by atomic mass is 32.2. The Morgan fingerprint density at radius 1 is 1.33 bits per heavy atom. The summed E-state index contributed by atoms with van der Waals surface area (Å²) in [5, 5.41) is 15.9. The lowest BCUT2D eigenvalue weighted by Crippen LogP contribution is -2.16. The van der Waals surface area contributed by atoms with Crippen LogP contribution in [-0.2, 0) is 17.0 Å². The standard InChI is InChI=1S/C18H21N5O2S2/c1-2-24-15-7-5-13(6-8-15)17-19-14(11-26-17)12-27-18-20-21-22-23(18)10-16-4-3-9-25-16/h5-8,11,16H,2-4,9-10,12H2,1H3. The summed E-state index contributed by atoms with van der Waals surface area (Å²) in [5.41, 5.74) is 2.13. The van der Waals surface area contributed by atoms with E-state index >= 15 is 0 Å². The van der Waals surface area contributed by atoms with Crippen LogP contribution >= 0.6 is 23.1 Å². The lowest BCUT2D eigenvalue weighted by atomic mass is 10.2. The minimum absolute atomic E-state index is 0.221. The Labute approximate surface area is 166 Å². The van der Waals surface area contributed by atoms with Crippen LogP contribution in [0.25, 0.3) is 10.6 Å². The zero-order valence-electron chi connectivity index (χ0n) is 15.1. The van der Waals surface area contributed by atoms with Gasteiger partial charge in [0.05, 0.1) is 24.9 Å². The SMILES string of the molecule is CCOc1ccc(-c2nc(CSc3nnnn3CC3CCCO3)cs2)cc1. The van der Waals surface area contributed by atoms with E-state index in [-0.39, 0.29) is 6.10 Å². The third-order valence-corrected chi connectivity index (χ3v) is 6.14. The maximum Gasteiger partial charge on any atom is 0.209 e. The van der Waals surface area contributed by atoms with Crippen LogP contribution in [0.5, 0.6) is 5.75 Å². The van der Waals surface area contributed by atoms with Crippen LogP contribution in [0.2, 0.25) is 0 Å². The van der Waals surface area contributed by atoms with E-state index in [1.165, 1.54) is 0 Å². The molecular formula is C18H21N5O2S2. The zero-order valence-corrected chi connectivity index (χ0v) is 16.7. The fourth-order valence-corrected chi connectivity index (χ4v) is 4.61. The Bertz CT molecular complexity index is 859. The lowest BCUT2D eigenvalue weighted by Gasteiger charge is -2.09. The van der Waals surface area contributed by atoms with Crippen molar-refractivity contribution in [1.29, 1.82) is 0 Å². The zero-order chi connectivity index (χ0) is 18.5. The van der Waals surface area contributed by atoms with E-state index in [2.05, 4.69) is 20.9 Å². The van der Waals surface area contributed by atoms with Gasteiger partial charge in [0.15, 0.2) is 0 Å². The van der Waals surface area contributed by atoms with Crippen LogP contribution in [0.4, 0.5) is 0 Å². The van der Waals surface area contributed by atoms with Crippen LogP contribution in [0.15, 0.2) is 34.8 Å². The molecule has 9 heteroatoms. The number of aromatic nitrogens is 5. The molecule has 2 aromatic heterocycles. The van der Waals surface area contributed by atoms with Crippen molar-refractivity contribution in [2.24, 2.45) is 0 Å². The maximum absolute atomic E-state index is 5.67. The van der Waals surface area contributed by atoms with Gasteiger partial charge in [0, 0.05) is 23.3 Å². The van der Waals surface area contributed by atoms with Gasteiger partial charge in [-0.05, 0) is 54.5 Å². The van der Waals surface area contributed by atoms with Crippen molar-refractivity contribution in [2.45, 2.75) is 43.3 Å². The molecule has 4 rings (SSSR count). The van der Waals surface area contributed by atoms with Gasteiger partial charge in [-0.15, -0.1) is 16.4 Å². The van der Waals surface area contributed by atoms with Crippen LogP contribution < -0.4 is 4.74 Å². The molecular weight excluding hydrogens is 382 g/mol. The van der Waals surface area contributed by atoms with Gasteiger partial charge in [-0.1, -0.05) is 11.8 Å². The summed E-state index contributed by atoms with van der Waals surface area (Å²) in [7, 11) is 0. The Balaban J connectivity index is 1.36. The van der Waals surface area contributed by atoms with Crippen molar-refractivity contribution in [1.82, 2.24) is 25.2 Å². The van der Waals surface area contributed by atoms with E-state index in [1.54, 1.807) is 23.1 Å². The first kappa shape index (κ1) is 18.4.